The van der Waals surface area contributed by atoms with Crippen molar-refractivity contribution in [2.24, 2.45) is 5.73 Å². The zero-order chi connectivity index (χ0) is 24.4. The predicted molar refractivity (Wildman–Crippen MR) is 120 cm³/mol. The Balaban J connectivity index is 1.72. The largest absolute Gasteiger partial charge is 0.444 e. The Labute approximate surface area is 194 Å². The summed E-state index contributed by atoms with van der Waals surface area (Å²) in [6.45, 7) is 7.67. The summed E-state index contributed by atoms with van der Waals surface area (Å²) in [4.78, 5) is 32.2. The lowest BCUT2D eigenvalue weighted by Crippen LogP contribution is -2.76. The van der Waals surface area contributed by atoms with Gasteiger partial charge in [0.05, 0.1) is 19.3 Å². The number of likely N-dealkylation sites (tertiary alicyclic amines) is 1. The average molecular weight is 465 g/mol. The van der Waals surface area contributed by atoms with Crippen molar-refractivity contribution in [3.63, 3.8) is 0 Å². The smallest absolute Gasteiger partial charge is 0.411 e. The first-order valence-electron chi connectivity index (χ1n) is 11.3. The highest BCUT2D eigenvalue weighted by Crippen LogP contribution is 2.45. The third-order valence-corrected chi connectivity index (χ3v) is 6.13. The van der Waals surface area contributed by atoms with Crippen molar-refractivity contribution >= 4 is 12.0 Å². The summed E-state index contributed by atoms with van der Waals surface area (Å²) >= 11 is 0. The van der Waals surface area contributed by atoms with E-state index in [9.17, 15) is 19.8 Å². The lowest BCUT2D eigenvalue weighted by atomic mass is 9.86. The van der Waals surface area contributed by atoms with E-state index in [2.05, 4.69) is 5.32 Å². The van der Waals surface area contributed by atoms with Gasteiger partial charge in [0.25, 0.3) is 0 Å². The molecule has 2 saturated heterocycles. The molecule has 184 valence electrons. The van der Waals surface area contributed by atoms with E-state index in [1.807, 2.05) is 30.3 Å². The molecule has 0 bridgehead atoms. The molecular weight excluding hydrogens is 428 g/mol. The molecular formula is C23H36N4O6. The van der Waals surface area contributed by atoms with Gasteiger partial charge >= 0.3 is 6.09 Å². The van der Waals surface area contributed by atoms with Gasteiger partial charge < -0.3 is 26.0 Å². The number of aliphatic hydroxyl groups is 2. The van der Waals surface area contributed by atoms with E-state index in [-0.39, 0.29) is 12.6 Å². The van der Waals surface area contributed by atoms with E-state index in [0.29, 0.717) is 26.0 Å². The highest BCUT2D eigenvalue weighted by molar-refractivity contribution is 5.80. The van der Waals surface area contributed by atoms with E-state index in [1.165, 1.54) is 12.0 Å². The molecule has 0 aliphatic carbocycles. The molecule has 2 heterocycles. The summed E-state index contributed by atoms with van der Waals surface area (Å²) < 4.78 is 5.65. The molecule has 2 fully saturated rings. The Kier molecular flexibility index (Phi) is 7.65. The van der Waals surface area contributed by atoms with Crippen LogP contribution in [0.25, 0.3) is 0 Å². The van der Waals surface area contributed by atoms with Crippen LogP contribution in [0, 0.1) is 0 Å². The van der Waals surface area contributed by atoms with Gasteiger partial charge in [-0.15, -0.1) is 0 Å². The first-order valence-corrected chi connectivity index (χ1v) is 11.3. The number of carbonyl (C=O) groups excluding carboxylic acids is 2. The van der Waals surface area contributed by atoms with Gasteiger partial charge in [0.1, 0.15) is 17.2 Å². The number of hydrogen-bond acceptors (Lipinski definition) is 8. The molecule has 3 rings (SSSR count). The van der Waals surface area contributed by atoms with Crippen molar-refractivity contribution in [1.29, 1.82) is 0 Å². The molecule has 10 nitrogen and oxygen atoms in total. The standard InChI is InChI=1S/C23H36N4O6/c1-15(28)18(19(24)29)25-12-17-10-11-23(27(17)21(31)33-22(2,3)4)14-26(20(23)30)32-13-16-8-6-5-7-9-16/h5-9,15,17-18,20,25,28,30H,10-14H2,1-4H3,(H2,24,29)/t15-,17?,18+,20?,23?/m1/s1. The van der Waals surface area contributed by atoms with E-state index >= 15 is 0 Å². The molecule has 2 aliphatic rings. The second-order valence-electron chi connectivity index (χ2n) is 9.88. The summed E-state index contributed by atoms with van der Waals surface area (Å²) in [7, 11) is 0. The van der Waals surface area contributed by atoms with Gasteiger partial charge in [-0.1, -0.05) is 30.3 Å². The number of hydroxylamine groups is 2. The molecule has 1 spiro atoms. The summed E-state index contributed by atoms with van der Waals surface area (Å²) in [5.41, 5.74) is 4.77. The maximum atomic E-state index is 13.2. The van der Waals surface area contributed by atoms with E-state index in [4.69, 9.17) is 15.3 Å². The zero-order valence-electron chi connectivity index (χ0n) is 19.7. The van der Waals surface area contributed by atoms with Crippen molar-refractivity contribution in [2.75, 3.05) is 13.1 Å². The van der Waals surface area contributed by atoms with Crippen molar-refractivity contribution in [1.82, 2.24) is 15.3 Å². The molecule has 10 heteroatoms. The van der Waals surface area contributed by atoms with Gasteiger partial charge in [-0.3, -0.25) is 14.5 Å². The molecule has 0 radical (unpaired) electrons. The van der Waals surface area contributed by atoms with Crippen LogP contribution in [0.4, 0.5) is 4.79 Å². The fourth-order valence-electron chi connectivity index (χ4n) is 4.49. The van der Waals surface area contributed by atoms with Crippen molar-refractivity contribution in [3.8, 4) is 0 Å². The van der Waals surface area contributed by atoms with Crippen LogP contribution in [0.15, 0.2) is 30.3 Å². The van der Waals surface area contributed by atoms with Gasteiger partial charge in [0, 0.05) is 12.6 Å². The first-order chi connectivity index (χ1) is 15.4. The summed E-state index contributed by atoms with van der Waals surface area (Å²) in [6.07, 6.45) is -1.42. The molecule has 3 unspecified atom stereocenters. The SMILES string of the molecule is C[C@@H](O)[C@H](NCC1CCC2(CN(OCc3ccccc3)C2O)N1C(=O)OC(C)(C)C)C(N)=O. The maximum Gasteiger partial charge on any atom is 0.411 e. The van der Waals surface area contributed by atoms with Gasteiger partial charge in [-0.25, -0.2) is 4.79 Å². The number of nitrogens with one attached hydrogen (secondary N) is 1. The number of nitrogens with two attached hydrogens (primary N) is 1. The van der Waals surface area contributed by atoms with Crippen LogP contribution >= 0.6 is 0 Å². The Morgan fingerprint density at radius 2 is 1.97 bits per heavy atom. The molecule has 1 aromatic rings. The molecule has 2 amide bonds. The Morgan fingerprint density at radius 3 is 2.52 bits per heavy atom. The number of primary amides is 1. The van der Waals surface area contributed by atoms with E-state index < -0.39 is 41.5 Å². The van der Waals surface area contributed by atoms with Crippen molar-refractivity contribution < 1.29 is 29.4 Å². The summed E-state index contributed by atoms with van der Waals surface area (Å²) in [6, 6.07) is 8.32. The Morgan fingerprint density at radius 1 is 1.30 bits per heavy atom. The van der Waals surface area contributed by atoms with Crippen LogP contribution in [0.5, 0.6) is 0 Å². The second kappa shape index (κ2) is 9.94. The van der Waals surface area contributed by atoms with Crippen LogP contribution in [0.2, 0.25) is 0 Å². The fourth-order valence-corrected chi connectivity index (χ4v) is 4.49. The fraction of sp³-hybridized carbons (Fsp3) is 0.652. The number of benzene rings is 1. The zero-order valence-corrected chi connectivity index (χ0v) is 19.7. The Bertz CT molecular complexity index is 830. The number of ether oxygens (including phenoxy) is 1. The van der Waals surface area contributed by atoms with Crippen LogP contribution < -0.4 is 11.1 Å². The van der Waals surface area contributed by atoms with Gasteiger partial charge in [-0.2, -0.15) is 5.06 Å². The minimum atomic E-state index is -1.03. The van der Waals surface area contributed by atoms with Crippen molar-refractivity contribution in [2.45, 2.75) is 82.7 Å². The highest BCUT2D eigenvalue weighted by Gasteiger charge is 2.63. The van der Waals surface area contributed by atoms with E-state index in [0.717, 1.165) is 5.56 Å². The molecule has 33 heavy (non-hydrogen) atoms. The normalized spacial score (nSPS) is 27.3. The number of carbonyl (C=O) groups is 2. The molecule has 2 aliphatic heterocycles. The lowest BCUT2D eigenvalue weighted by molar-refractivity contribution is -0.348. The highest BCUT2D eigenvalue weighted by atomic mass is 16.7. The van der Waals surface area contributed by atoms with Gasteiger partial charge in [0.2, 0.25) is 5.91 Å². The average Bonchev–Trinajstić information content (AvgIpc) is 3.11. The third-order valence-electron chi connectivity index (χ3n) is 6.13. The topological polar surface area (TPSA) is 138 Å². The number of hydrogen-bond donors (Lipinski definition) is 4. The molecule has 5 N–H and O–H groups in total. The minimum Gasteiger partial charge on any atom is -0.444 e. The second-order valence-corrected chi connectivity index (χ2v) is 9.88. The third kappa shape index (κ3) is 5.64. The maximum absolute atomic E-state index is 13.2. The number of rotatable bonds is 8. The number of nitrogens with zero attached hydrogens (tertiary/aromatic N) is 2. The van der Waals surface area contributed by atoms with Crippen molar-refractivity contribution in [3.05, 3.63) is 35.9 Å². The first kappa shape index (κ1) is 25.4. The Hall–Kier alpha value is -2.24. The lowest BCUT2D eigenvalue weighted by Gasteiger charge is -2.56. The minimum absolute atomic E-state index is 0.219. The van der Waals surface area contributed by atoms with Gasteiger partial charge in [-0.05, 0) is 46.1 Å². The number of aliphatic hydroxyl groups excluding tert-OH is 2. The summed E-state index contributed by atoms with van der Waals surface area (Å²) in [5.74, 6) is -0.675. The van der Waals surface area contributed by atoms with Crippen LogP contribution in [-0.4, -0.2) is 80.8 Å². The molecule has 1 aromatic carbocycles. The summed E-state index contributed by atoms with van der Waals surface area (Å²) in [5, 5.41) is 25.3. The molecule has 0 aromatic heterocycles. The number of amides is 2. The van der Waals surface area contributed by atoms with E-state index in [1.54, 1.807) is 25.7 Å². The monoisotopic (exact) mass is 464 g/mol. The molecule has 0 saturated carbocycles. The predicted octanol–water partition coefficient (Wildman–Crippen LogP) is 0.715. The van der Waals surface area contributed by atoms with Crippen LogP contribution in [-0.2, 0) is 21.0 Å². The molecule has 5 atom stereocenters. The quantitative estimate of drug-likeness (QED) is 0.442. The van der Waals surface area contributed by atoms with Crippen LogP contribution in [0.3, 0.4) is 0 Å². The van der Waals surface area contributed by atoms with Crippen LogP contribution in [0.1, 0.15) is 46.1 Å². The van der Waals surface area contributed by atoms with Gasteiger partial charge in [0.15, 0.2) is 6.23 Å².